The van der Waals surface area contributed by atoms with E-state index in [-0.39, 0.29) is 11.8 Å². The molecule has 29 heavy (non-hydrogen) atoms. The minimum absolute atomic E-state index is 0.0281. The first kappa shape index (κ1) is 20.0. The molecule has 7 nitrogen and oxygen atoms in total. The van der Waals surface area contributed by atoms with Crippen LogP contribution in [0.5, 0.6) is 0 Å². The number of aromatic nitrogens is 1. The highest BCUT2D eigenvalue weighted by atomic mass is 32.1. The Hall–Kier alpha value is -2.29. The molecular formula is C21H26N4O3S. The van der Waals surface area contributed by atoms with Crippen LogP contribution in [0.2, 0.25) is 0 Å². The minimum atomic E-state index is -0.438. The second-order valence-electron chi connectivity index (χ2n) is 7.36. The van der Waals surface area contributed by atoms with Crippen LogP contribution in [0.25, 0.3) is 0 Å². The van der Waals surface area contributed by atoms with Crippen molar-refractivity contribution in [2.24, 2.45) is 0 Å². The molecule has 0 saturated carbocycles. The Morgan fingerprint density at radius 2 is 2.10 bits per heavy atom. The summed E-state index contributed by atoms with van der Waals surface area (Å²) in [6.45, 7) is 5.88. The third kappa shape index (κ3) is 4.83. The quantitative estimate of drug-likeness (QED) is 0.729. The maximum Gasteiger partial charge on any atom is 0.264 e. The van der Waals surface area contributed by atoms with Gasteiger partial charge in [-0.3, -0.25) is 19.5 Å². The van der Waals surface area contributed by atoms with E-state index in [9.17, 15) is 9.59 Å². The van der Waals surface area contributed by atoms with Crippen LogP contribution < -0.4 is 5.32 Å². The van der Waals surface area contributed by atoms with Gasteiger partial charge in [-0.25, -0.2) is 0 Å². The van der Waals surface area contributed by atoms with E-state index >= 15 is 0 Å². The zero-order valence-corrected chi connectivity index (χ0v) is 17.2. The number of hydrogen-bond acceptors (Lipinski definition) is 6. The van der Waals surface area contributed by atoms with Crippen molar-refractivity contribution in [3.63, 3.8) is 0 Å². The predicted molar refractivity (Wildman–Crippen MR) is 111 cm³/mol. The molecule has 2 aliphatic heterocycles. The average molecular weight is 415 g/mol. The smallest absolute Gasteiger partial charge is 0.264 e. The van der Waals surface area contributed by atoms with Gasteiger partial charge >= 0.3 is 0 Å². The second-order valence-corrected chi connectivity index (χ2v) is 8.31. The summed E-state index contributed by atoms with van der Waals surface area (Å²) in [5.41, 5.74) is 1.73. The molecular weight excluding hydrogens is 388 g/mol. The van der Waals surface area contributed by atoms with E-state index in [2.05, 4.69) is 15.2 Å². The van der Waals surface area contributed by atoms with E-state index in [1.807, 2.05) is 29.6 Å². The molecule has 2 aromatic heterocycles. The monoisotopic (exact) mass is 414 g/mol. The largest absolute Gasteiger partial charge is 0.379 e. The first-order chi connectivity index (χ1) is 14.2. The fourth-order valence-corrected chi connectivity index (χ4v) is 4.55. The van der Waals surface area contributed by atoms with Gasteiger partial charge in [0.05, 0.1) is 29.7 Å². The predicted octanol–water partition coefficient (Wildman–Crippen LogP) is 1.72. The fraction of sp³-hybridized carbons (Fsp3) is 0.476. The first-order valence-corrected chi connectivity index (χ1v) is 10.9. The van der Waals surface area contributed by atoms with E-state index < -0.39 is 5.92 Å². The third-order valence-electron chi connectivity index (χ3n) is 5.41. The number of fused-ring (bicyclic) bond motifs is 1. The molecule has 0 bridgehead atoms. The first-order valence-electron chi connectivity index (χ1n) is 10.1. The van der Waals surface area contributed by atoms with Crippen molar-refractivity contribution < 1.29 is 14.3 Å². The average Bonchev–Trinajstić information content (AvgIpc) is 3.31. The molecule has 2 aliphatic rings. The highest BCUT2D eigenvalue weighted by Gasteiger charge is 2.34. The van der Waals surface area contributed by atoms with Gasteiger partial charge in [-0.15, -0.1) is 11.3 Å². The Kier molecular flexibility index (Phi) is 6.53. The van der Waals surface area contributed by atoms with E-state index in [1.165, 1.54) is 11.3 Å². The van der Waals surface area contributed by atoms with Crippen molar-refractivity contribution in [2.75, 3.05) is 45.9 Å². The van der Waals surface area contributed by atoms with Crippen molar-refractivity contribution in [2.45, 2.75) is 18.9 Å². The van der Waals surface area contributed by atoms with Crippen LogP contribution in [0.15, 0.2) is 35.8 Å². The normalized spacial score (nSPS) is 19.6. The van der Waals surface area contributed by atoms with Crippen LogP contribution in [-0.4, -0.2) is 72.5 Å². The summed E-state index contributed by atoms with van der Waals surface area (Å²) in [6, 6.07) is 7.51. The fourth-order valence-electron chi connectivity index (χ4n) is 3.86. The lowest BCUT2D eigenvalue weighted by Gasteiger charge is -2.33. The summed E-state index contributed by atoms with van der Waals surface area (Å²) < 4.78 is 5.36. The Balaban J connectivity index is 1.38. The van der Waals surface area contributed by atoms with Gasteiger partial charge in [-0.05, 0) is 36.0 Å². The molecule has 0 aromatic carbocycles. The number of ether oxygens (including phenoxy) is 1. The van der Waals surface area contributed by atoms with Crippen LogP contribution >= 0.6 is 11.3 Å². The maximum absolute atomic E-state index is 12.9. The molecule has 8 heteroatoms. The Bertz CT molecular complexity index is 836. The molecule has 1 saturated heterocycles. The zero-order valence-electron chi connectivity index (χ0n) is 16.4. The maximum atomic E-state index is 12.9. The van der Waals surface area contributed by atoms with Gasteiger partial charge in [0.2, 0.25) is 5.91 Å². The molecule has 1 atom stereocenters. The molecule has 2 aromatic rings. The van der Waals surface area contributed by atoms with Gasteiger partial charge in [-0.1, -0.05) is 12.1 Å². The van der Waals surface area contributed by atoms with Crippen LogP contribution in [0, 0.1) is 0 Å². The van der Waals surface area contributed by atoms with Crippen molar-refractivity contribution in [1.82, 2.24) is 20.1 Å². The van der Waals surface area contributed by atoms with Gasteiger partial charge in [0.25, 0.3) is 5.91 Å². The molecule has 0 spiro atoms. The molecule has 0 aliphatic carbocycles. The van der Waals surface area contributed by atoms with E-state index in [0.717, 1.165) is 50.5 Å². The van der Waals surface area contributed by atoms with Crippen molar-refractivity contribution >= 4 is 23.2 Å². The molecule has 2 amide bonds. The molecule has 154 valence electrons. The van der Waals surface area contributed by atoms with Gasteiger partial charge in [0.15, 0.2) is 0 Å². The van der Waals surface area contributed by atoms with Crippen molar-refractivity contribution in [3.8, 4) is 0 Å². The number of nitrogens with one attached hydrogen (secondary N) is 1. The summed E-state index contributed by atoms with van der Waals surface area (Å²) in [7, 11) is 0. The molecule has 1 N–H and O–H groups in total. The third-order valence-corrected chi connectivity index (χ3v) is 6.27. The molecule has 1 unspecified atom stereocenters. The summed E-state index contributed by atoms with van der Waals surface area (Å²) in [4.78, 5) is 35.1. The number of nitrogens with zero attached hydrogens (tertiary/aromatic N) is 3. The van der Waals surface area contributed by atoms with Gasteiger partial charge in [0.1, 0.15) is 0 Å². The van der Waals surface area contributed by atoms with Crippen LogP contribution in [0.4, 0.5) is 0 Å². The highest BCUT2D eigenvalue weighted by molar-refractivity contribution is 7.12. The SMILES string of the molecule is O=C(NCCCN1CCOCC1)C1CN(C(=O)c2cccs2)Cc2cccnc21. The van der Waals surface area contributed by atoms with Crippen molar-refractivity contribution in [1.29, 1.82) is 0 Å². The van der Waals surface area contributed by atoms with Gasteiger partial charge < -0.3 is 15.0 Å². The number of amides is 2. The van der Waals surface area contributed by atoms with E-state index in [0.29, 0.717) is 24.5 Å². The number of morpholine rings is 1. The highest BCUT2D eigenvalue weighted by Crippen LogP contribution is 2.28. The van der Waals surface area contributed by atoms with Gasteiger partial charge in [-0.2, -0.15) is 0 Å². The summed E-state index contributed by atoms with van der Waals surface area (Å²) >= 11 is 1.43. The summed E-state index contributed by atoms with van der Waals surface area (Å²) in [5, 5.41) is 4.95. The lowest BCUT2D eigenvalue weighted by Crippen LogP contribution is -2.44. The van der Waals surface area contributed by atoms with Crippen LogP contribution in [0.3, 0.4) is 0 Å². The standard InChI is InChI=1S/C21H26N4O3S/c26-20(23-7-3-8-24-9-11-28-12-10-24)17-15-25(21(27)18-5-2-13-29-18)14-16-4-1-6-22-19(16)17/h1-2,4-6,13,17H,3,7-12,14-15H2,(H,23,26). The zero-order chi connectivity index (χ0) is 20.1. The lowest BCUT2D eigenvalue weighted by atomic mass is 9.93. The Labute approximate surface area is 174 Å². The summed E-state index contributed by atoms with van der Waals surface area (Å²) in [5.74, 6) is -0.525. The number of pyridine rings is 1. The van der Waals surface area contributed by atoms with E-state index in [4.69, 9.17) is 4.74 Å². The van der Waals surface area contributed by atoms with E-state index in [1.54, 1.807) is 11.1 Å². The molecule has 4 heterocycles. The Morgan fingerprint density at radius 1 is 1.24 bits per heavy atom. The number of carbonyl (C=O) groups excluding carboxylic acids is 2. The molecule has 4 rings (SSSR count). The molecule has 1 fully saturated rings. The van der Waals surface area contributed by atoms with Crippen molar-refractivity contribution in [3.05, 3.63) is 52.0 Å². The Morgan fingerprint density at radius 3 is 2.90 bits per heavy atom. The topological polar surface area (TPSA) is 74.8 Å². The second kappa shape index (κ2) is 9.47. The lowest BCUT2D eigenvalue weighted by molar-refractivity contribution is -0.123. The molecule has 0 radical (unpaired) electrons. The van der Waals surface area contributed by atoms with Gasteiger partial charge in [0, 0.05) is 38.9 Å². The number of thiophene rings is 1. The number of carbonyl (C=O) groups is 2. The summed E-state index contributed by atoms with van der Waals surface area (Å²) in [6.07, 6.45) is 2.61. The number of hydrogen-bond donors (Lipinski definition) is 1. The minimum Gasteiger partial charge on any atom is -0.379 e. The van der Waals surface area contributed by atoms with Crippen LogP contribution in [0.1, 0.15) is 33.3 Å². The number of rotatable bonds is 6. The van der Waals surface area contributed by atoms with Crippen LogP contribution in [-0.2, 0) is 16.1 Å².